The average Bonchev–Trinajstić information content (AvgIpc) is 2.38. The topological polar surface area (TPSA) is 35.9 Å². The van der Waals surface area contributed by atoms with E-state index >= 15 is 0 Å². The first kappa shape index (κ1) is 50.5. The van der Waals surface area contributed by atoms with Gasteiger partial charge in [-0.3, -0.25) is 4.57 Å². The number of hydrogen-bond donors (Lipinski definition) is 0. The van der Waals surface area contributed by atoms with E-state index in [9.17, 15) is 0 Å². The normalized spacial score (nSPS) is 11.7. The number of rotatable bonds is 8. The van der Waals surface area contributed by atoms with E-state index in [1.807, 2.05) is 18.3 Å². The number of fused-ring (bicyclic) bond motifs is 10. The Morgan fingerprint density at radius 3 is 1.62 bits per heavy atom. The van der Waals surface area contributed by atoms with E-state index in [1.165, 1.54) is 11.1 Å². The van der Waals surface area contributed by atoms with Crippen LogP contribution in [0, 0.1) is 18.5 Å². The summed E-state index contributed by atoms with van der Waals surface area (Å²) < 4.78 is 13.7. The summed E-state index contributed by atoms with van der Waals surface area (Å²) in [4.78, 5) is 4.94. The van der Waals surface area contributed by atoms with E-state index in [2.05, 4.69) is 296 Å². The molecule has 82 heavy (non-hydrogen) atoms. The molecule has 6 heteroatoms. The summed E-state index contributed by atoms with van der Waals surface area (Å²) >= 11 is 0. The number of aromatic nitrogens is 4. The van der Waals surface area contributed by atoms with Crippen molar-refractivity contribution in [3.63, 3.8) is 0 Å². The molecule has 1 aliphatic heterocycles. The monoisotopic (exact) mass is 1230 g/mol. The summed E-state index contributed by atoms with van der Waals surface area (Å²) in [6.07, 6.45) is 6.01. The first-order valence-corrected chi connectivity index (χ1v) is 27.6. The molecule has 0 amide bonds. The third-order valence-corrected chi connectivity index (χ3v) is 16.0. The predicted octanol–water partition coefficient (Wildman–Crippen LogP) is 18.9. The number of nitrogens with zero attached hydrogens (tertiary/aromatic N) is 4. The zero-order valence-electron chi connectivity index (χ0n) is 45.3. The van der Waals surface area contributed by atoms with Gasteiger partial charge in [0.15, 0.2) is 0 Å². The Morgan fingerprint density at radius 1 is 0.439 bits per heavy atom. The minimum atomic E-state index is -0.0617. The van der Waals surface area contributed by atoms with Crippen LogP contribution in [-0.2, 0) is 26.5 Å². The SMILES string of the molecule is CC(C)(C)c1ccnc(-n2c3[c-]c(Oc4[c-]c(-n5[c-][n+]6c7c(ccc(-c8c(-c9ccccc9)cccc8-c8ccccc8)c75)-c5ccccc5-c5ccccc5-c5cccc(-c7ccccc7)c5-6)ccc4)ccc3c3ccccc32)c1.[Pt]. The minimum absolute atomic E-state index is 0. The number of hydrogen-bond acceptors (Lipinski definition) is 2. The zero-order chi connectivity index (χ0) is 54.2. The van der Waals surface area contributed by atoms with Crippen molar-refractivity contribution in [1.29, 1.82) is 0 Å². The van der Waals surface area contributed by atoms with Crippen molar-refractivity contribution < 1.29 is 30.4 Å². The molecule has 0 saturated carbocycles. The summed E-state index contributed by atoms with van der Waals surface area (Å²) in [7, 11) is 0. The molecule has 0 aliphatic carbocycles. The van der Waals surface area contributed by atoms with Gasteiger partial charge >= 0.3 is 0 Å². The Labute approximate surface area is 491 Å². The average molecular weight is 1230 g/mol. The van der Waals surface area contributed by atoms with Gasteiger partial charge in [0.05, 0.1) is 16.7 Å². The van der Waals surface area contributed by atoms with Gasteiger partial charge < -0.3 is 13.9 Å². The van der Waals surface area contributed by atoms with Crippen LogP contribution in [0.2, 0.25) is 0 Å². The molecule has 0 atom stereocenters. The van der Waals surface area contributed by atoms with Crippen LogP contribution in [-0.4, -0.2) is 14.1 Å². The molecule has 5 nitrogen and oxygen atoms in total. The third-order valence-electron chi connectivity index (χ3n) is 16.0. The Bertz CT molecular complexity index is 4710. The van der Waals surface area contributed by atoms with E-state index in [-0.39, 0.29) is 26.5 Å². The molecular formula is C76H52N4OPt-2. The molecule has 11 aromatic carbocycles. The molecule has 15 rings (SSSR count). The first-order chi connectivity index (χ1) is 39.8. The van der Waals surface area contributed by atoms with Crippen LogP contribution in [0.25, 0.3) is 128 Å². The second-order valence-electron chi connectivity index (χ2n) is 21.8. The van der Waals surface area contributed by atoms with Crippen LogP contribution in [0.5, 0.6) is 11.5 Å². The Balaban J connectivity index is 0.00000602. The maximum atomic E-state index is 6.96. The van der Waals surface area contributed by atoms with Gasteiger partial charge in [0.1, 0.15) is 5.82 Å². The van der Waals surface area contributed by atoms with Crippen molar-refractivity contribution in [2.75, 3.05) is 0 Å². The maximum Gasteiger partial charge on any atom is 0.268 e. The summed E-state index contributed by atoms with van der Waals surface area (Å²) in [5.74, 6) is 1.94. The summed E-state index contributed by atoms with van der Waals surface area (Å²) in [6, 6.07) is 98.6. The van der Waals surface area contributed by atoms with Crippen LogP contribution in [0.1, 0.15) is 26.3 Å². The molecule has 0 bridgehead atoms. The second-order valence-corrected chi connectivity index (χ2v) is 21.8. The largest absolute Gasteiger partial charge is 0.510 e. The van der Waals surface area contributed by atoms with Crippen molar-refractivity contribution in [2.24, 2.45) is 0 Å². The van der Waals surface area contributed by atoms with Crippen molar-refractivity contribution in [2.45, 2.75) is 26.2 Å². The van der Waals surface area contributed by atoms with Gasteiger partial charge in [0.25, 0.3) is 6.33 Å². The fourth-order valence-electron chi connectivity index (χ4n) is 12.2. The fraction of sp³-hybridized carbons (Fsp3) is 0.0526. The second kappa shape index (κ2) is 20.5. The molecule has 14 aromatic rings. The molecule has 4 heterocycles. The van der Waals surface area contributed by atoms with Gasteiger partial charge in [0, 0.05) is 44.3 Å². The van der Waals surface area contributed by atoms with Gasteiger partial charge in [-0.25, -0.2) is 4.98 Å². The van der Waals surface area contributed by atoms with Gasteiger partial charge in [-0.15, -0.1) is 29.7 Å². The summed E-state index contributed by atoms with van der Waals surface area (Å²) in [6.45, 7) is 6.70. The van der Waals surface area contributed by atoms with E-state index < -0.39 is 0 Å². The number of para-hydroxylation sites is 2. The molecule has 0 fully saturated rings. The minimum Gasteiger partial charge on any atom is -0.510 e. The van der Waals surface area contributed by atoms with E-state index in [0.717, 1.165) is 122 Å². The number of ether oxygens (including phenoxy) is 1. The van der Waals surface area contributed by atoms with Gasteiger partial charge in [0.2, 0.25) is 0 Å². The predicted molar refractivity (Wildman–Crippen MR) is 330 cm³/mol. The Kier molecular flexibility index (Phi) is 12.6. The molecule has 0 spiro atoms. The van der Waals surface area contributed by atoms with Crippen molar-refractivity contribution in [3.8, 4) is 107 Å². The van der Waals surface area contributed by atoms with Crippen molar-refractivity contribution in [3.05, 3.63) is 285 Å². The van der Waals surface area contributed by atoms with E-state index in [4.69, 9.17) is 9.72 Å². The standard InChI is InChI=1S/C76H52N4O.Pt/c1-76(2,3)53-44-45-77-71(46-53)80-69-39-18-17-34-64(69)65-41-40-56(48-70(65)80)81-55-29-19-28-54(47-55)78-49-79-73-59(52-26-11-6-12-27-52)37-21-38-66(73)62-32-15-13-30-60(62)61-31-14-16-33-63(61)67-42-43-68(75(78)74(67)79)72-57(50-22-7-4-8-23-50)35-20-36-58(72)51-24-9-5-10-25-51;/h4-46H,1-3H3;/q-2;. The van der Waals surface area contributed by atoms with Crippen LogP contribution in [0.4, 0.5) is 0 Å². The molecule has 0 saturated heterocycles. The van der Waals surface area contributed by atoms with Gasteiger partial charge in [-0.1, -0.05) is 233 Å². The quantitative estimate of drug-likeness (QED) is 0.112. The molecule has 0 N–H and O–H groups in total. The van der Waals surface area contributed by atoms with E-state index in [0.29, 0.717) is 11.5 Å². The van der Waals surface area contributed by atoms with Crippen LogP contribution in [0.15, 0.2) is 261 Å². The van der Waals surface area contributed by atoms with Crippen LogP contribution >= 0.6 is 0 Å². The molecule has 0 radical (unpaired) electrons. The van der Waals surface area contributed by atoms with Gasteiger partial charge in [-0.2, -0.15) is 18.2 Å². The Morgan fingerprint density at radius 2 is 0.963 bits per heavy atom. The number of imidazole rings is 1. The van der Waals surface area contributed by atoms with Gasteiger partial charge in [-0.05, 0) is 118 Å². The number of pyridine rings is 1. The van der Waals surface area contributed by atoms with Crippen molar-refractivity contribution in [1.82, 2.24) is 14.1 Å². The molecule has 0 unspecified atom stereocenters. The molecule has 1 aliphatic rings. The van der Waals surface area contributed by atoms with Crippen LogP contribution < -0.4 is 9.30 Å². The fourth-order valence-corrected chi connectivity index (χ4v) is 12.2. The zero-order valence-corrected chi connectivity index (χ0v) is 47.6. The van der Waals surface area contributed by atoms with Crippen molar-refractivity contribution >= 4 is 32.8 Å². The summed E-state index contributed by atoms with van der Waals surface area (Å²) in [5, 5.41) is 2.19. The van der Waals surface area contributed by atoms with E-state index in [1.54, 1.807) is 0 Å². The molecule has 3 aromatic heterocycles. The molecule has 394 valence electrons. The summed E-state index contributed by atoms with van der Waals surface area (Å²) in [5.41, 5.74) is 22.5. The smallest absolute Gasteiger partial charge is 0.268 e. The third kappa shape index (κ3) is 8.51. The first-order valence-electron chi connectivity index (χ1n) is 27.6. The maximum absolute atomic E-state index is 6.96. The molecular weight excluding hydrogens is 1180 g/mol. The van der Waals surface area contributed by atoms with Crippen LogP contribution in [0.3, 0.4) is 0 Å². The number of benzene rings is 11. The Hall–Kier alpha value is -9.67.